The Labute approximate surface area is 109 Å². The third-order valence-corrected chi connectivity index (χ3v) is 3.02. The van der Waals surface area contributed by atoms with E-state index in [-0.39, 0.29) is 0 Å². The molecule has 2 aromatic carbocycles. The second-order valence-corrected chi connectivity index (χ2v) is 4.42. The SMILES string of the molecule is COc1ccc2nc(-c3cccc(Cl)c3)[nH]c2c1. The number of aromatic nitrogens is 2. The van der Waals surface area contributed by atoms with E-state index in [0.29, 0.717) is 5.02 Å². The molecule has 3 rings (SSSR count). The number of ether oxygens (including phenoxy) is 1. The zero-order valence-electron chi connectivity index (χ0n) is 9.77. The third-order valence-electron chi connectivity index (χ3n) is 2.79. The van der Waals surface area contributed by atoms with E-state index >= 15 is 0 Å². The fraction of sp³-hybridized carbons (Fsp3) is 0.0714. The van der Waals surface area contributed by atoms with Gasteiger partial charge in [-0.05, 0) is 24.3 Å². The Kier molecular flexibility index (Phi) is 2.68. The molecule has 0 saturated carbocycles. The van der Waals surface area contributed by atoms with E-state index in [1.807, 2.05) is 42.5 Å². The molecule has 1 N–H and O–H groups in total. The summed E-state index contributed by atoms with van der Waals surface area (Å²) in [6.45, 7) is 0. The lowest BCUT2D eigenvalue weighted by Crippen LogP contribution is -1.81. The zero-order chi connectivity index (χ0) is 12.5. The van der Waals surface area contributed by atoms with Crippen molar-refractivity contribution in [2.75, 3.05) is 7.11 Å². The molecule has 4 heteroatoms. The fourth-order valence-corrected chi connectivity index (χ4v) is 2.08. The highest BCUT2D eigenvalue weighted by molar-refractivity contribution is 6.30. The zero-order valence-corrected chi connectivity index (χ0v) is 10.5. The van der Waals surface area contributed by atoms with Gasteiger partial charge in [0.05, 0.1) is 18.1 Å². The van der Waals surface area contributed by atoms with Gasteiger partial charge in [0, 0.05) is 16.7 Å². The number of aromatic amines is 1. The standard InChI is InChI=1S/C14H11ClN2O/c1-18-11-5-6-12-13(8-11)17-14(16-12)9-3-2-4-10(15)7-9/h2-8H,1H3,(H,16,17). The van der Waals surface area contributed by atoms with E-state index in [0.717, 1.165) is 28.2 Å². The van der Waals surface area contributed by atoms with Crippen LogP contribution in [0.5, 0.6) is 5.75 Å². The number of methoxy groups -OCH3 is 1. The summed E-state index contributed by atoms with van der Waals surface area (Å²) in [4.78, 5) is 7.79. The molecule has 1 aromatic heterocycles. The highest BCUT2D eigenvalue weighted by Crippen LogP contribution is 2.25. The second-order valence-electron chi connectivity index (χ2n) is 3.98. The van der Waals surface area contributed by atoms with Crippen molar-refractivity contribution in [3.05, 3.63) is 47.5 Å². The molecule has 0 bridgehead atoms. The molecular weight excluding hydrogens is 248 g/mol. The van der Waals surface area contributed by atoms with Gasteiger partial charge in [-0.25, -0.2) is 4.98 Å². The van der Waals surface area contributed by atoms with Crippen molar-refractivity contribution in [3.8, 4) is 17.1 Å². The normalized spacial score (nSPS) is 10.8. The molecule has 3 aromatic rings. The molecule has 0 saturated heterocycles. The van der Waals surface area contributed by atoms with Crippen LogP contribution in [0.25, 0.3) is 22.4 Å². The van der Waals surface area contributed by atoms with Crippen LogP contribution in [0.1, 0.15) is 0 Å². The number of nitrogens with zero attached hydrogens (tertiary/aromatic N) is 1. The van der Waals surface area contributed by atoms with Gasteiger partial charge in [0.1, 0.15) is 11.6 Å². The summed E-state index contributed by atoms with van der Waals surface area (Å²) in [7, 11) is 1.65. The van der Waals surface area contributed by atoms with Gasteiger partial charge in [-0.2, -0.15) is 0 Å². The number of H-pyrrole nitrogens is 1. The minimum Gasteiger partial charge on any atom is -0.497 e. The highest BCUT2D eigenvalue weighted by atomic mass is 35.5. The van der Waals surface area contributed by atoms with Gasteiger partial charge in [0.2, 0.25) is 0 Å². The molecule has 3 nitrogen and oxygen atoms in total. The number of hydrogen-bond acceptors (Lipinski definition) is 2. The molecule has 0 radical (unpaired) electrons. The van der Waals surface area contributed by atoms with Gasteiger partial charge in [0.25, 0.3) is 0 Å². The predicted molar refractivity (Wildman–Crippen MR) is 73.1 cm³/mol. The highest BCUT2D eigenvalue weighted by Gasteiger charge is 2.06. The topological polar surface area (TPSA) is 37.9 Å². The summed E-state index contributed by atoms with van der Waals surface area (Å²) in [5, 5.41) is 0.700. The third kappa shape index (κ3) is 1.93. The van der Waals surface area contributed by atoms with Crippen molar-refractivity contribution >= 4 is 22.6 Å². The Hall–Kier alpha value is -2.00. The molecule has 18 heavy (non-hydrogen) atoms. The van der Waals surface area contributed by atoms with Gasteiger partial charge in [-0.3, -0.25) is 0 Å². The molecule has 0 aliphatic carbocycles. The van der Waals surface area contributed by atoms with E-state index in [2.05, 4.69) is 9.97 Å². The van der Waals surface area contributed by atoms with Crippen LogP contribution >= 0.6 is 11.6 Å². The van der Waals surface area contributed by atoms with Crippen LogP contribution in [0.4, 0.5) is 0 Å². The Bertz CT molecular complexity index is 706. The van der Waals surface area contributed by atoms with Gasteiger partial charge < -0.3 is 9.72 Å². The Morgan fingerprint density at radius 3 is 2.83 bits per heavy atom. The summed E-state index contributed by atoms with van der Waals surface area (Å²) >= 11 is 5.98. The average Bonchev–Trinajstić information content (AvgIpc) is 2.81. The maximum atomic E-state index is 5.98. The minimum absolute atomic E-state index is 0.700. The van der Waals surface area contributed by atoms with E-state index in [1.165, 1.54) is 0 Å². The lowest BCUT2D eigenvalue weighted by Gasteiger charge is -1.97. The van der Waals surface area contributed by atoms with Crippen molar-refractivity contribution in [2.24, 2.45) is 0 Å². The molecule has 0 amide bonds. The van der Waals surface area contributed by atoms with Crippen LogP contribution in [0.3, 0.4) is 0 Å². The average molecular weight is 259 g/mol. The maximum Gasteiger partial charge on any atom is 0.138 e. The Morgan fingerprint density at radius 1 is 1.17 bits per heavy atom. The van der Waals surface area contributed by atoms with E-state index in [9.17, 15) is 0 Å². The fourth-order valence-electron chi connectivity index (χ4n) is 1.89. The van der Waals surface area contributed by atoms with Crippen molar-refractivity contribution in [1.29, 1.82) is 0 Å². The molecule has 0 unspecified atom stereocenters. The molecule has 0 spiro atoms. The molecule has 1 heterocycles. The first-order valence-corrected chi connectivity index (χ1v) is 5.94. The second kappa shape index (κ2) is 4.35. The van der Waals surface area contributed by atoms with Crippen LogP contribution in [0.15, 0.2) is 42.5 Å². The summed E-state index contributed by atoms with van der Waals surface area (Å²) in [5.74, 6) is 1.62. The Balaban J connectivity index is 2.13. The molecular formula is C14H11ClN2O. The molecule has 0 aliphatic rings. The van der Waals surface area contributed by atoms with Crippen LogP contribution in [0.2, 0.25) is 5.02 Å². The van der Waals surface area contributed by atoms with E-state index < -0.39 is 0 Å². The number of nitrogens with one attached hydrogen (secondary N) is 1. The number of benzene rings is 2. The monoisotopic (exact) mass is 258 g/mol. The molecule has 0 atom stereocenters. The summed E-state index contributed by atoms with van der Waals surface area (Å²) in [5.41, 5.74) is 2.83. The van der Waals surface area contributed by atoms with Crippen LogP contribution in [-0.2, 0) is 0 Å². The number of imidazole rings is 1. The first-order chi connectivity index (χ1) is 8.76. The van der Waals surface area contributed by atoms with Crippen LogP contribution in [-0.4, -0.2) is 17.1 Å². The minimum atomic E-state index is 0.700. The summed E-state index contributed by atoms with van der Waals surface area (Å²) in [6, 6.07) is 13.4. The largest absolute Gasteiger partial charge is 0.497 e. The number of hydrogen-bond donors (Lipinski definition) is 1. The summed E-state index contributed by atoms with van der Waals surface area (Å²) in [6.07, 6.45) is 0. The smallest absolute Gasteiger partial charge is 0.138 e. The first kappa shape index (κ1) is 11.1. The number of rotatable bonds is 2. The van der Waals surface area contributed by atoms with Crippen molar-refractivity contribution in [2.45, 2.75) is 0 Å². The lowest BCUT2D eigenvalue weighted by molar-refractivity contribution is 0.415. The number of fused-ring (bicyclic) bond motifs is 1. The number of halogens is 1. The quantitative estimate of drug-likeness (QED) is 0.757. The van der Waals surface area contributed by atoms with E-state index in [1.54, 1.807) is 7.11 Å². The van der Waals surface area contributed by atoms with Crippen molar-refractivity contribution < 1.29 is 4.74 Å². The van der Waals surface area contributed by atoms with Gasteiger partial charge in [-0.1, -0.05) is 23.7 Å². The molecule has 0 aliphatic heterocycles. The maximum absolute atomic E-state index is 5.98. The van der Waals surface area contributed by atoms with Crippen LogP contribution < -0.4 is 4.74 Å². The Morgan fingerprint density at radius 2 is 2.06 bits per heavy atom. The van der Waals surface area contributed by atoms with Crippen molar-refractivity contribution in [3.63, 3.8) is 0 Å². The molecule has 0 fully saturated rings. The first-order valence-electron chi connectivity index (χ1n) is 5.56. The predicted octanol–water partition coefficient (Wildman–Crippen LogP) is 3.89. The van der Waals surface area contributed by atoms with Gasteiger partial charge in [-0.15, -0.1) is 0 Å². The van der Waals surface area contributed by atoms with Gasteiger partial charge in [0.15, 0.2) is 0 Å². The lowest BCUT2D eigenvalue weighted by atomic mass is 10.2. The van der Waals surface area contributed by atoms with Gasteiger partial charge >= 0.3 is 0 Å². The van der Waals surface area contributed by atoms with E-state index in [4.69, 9.17) is 16.3 Å². The van der Waals surface area contributed by atoms with Crippen molar-refractivity contribution in [1.82, 2.24) is 9.97 Å². The summed E-state index contributed by atoms with van der Waals surface area (Å²) < 4.78 is 5.19. The molecule has 90 valence electrons. The van der Waals surface area contributed by atoms with Crippen LogP contribution in [0, 0.1) is 0 Å².